The van der Waals surface area contributed by atoms with E-state index in [1.165, 1.54) is 36.0 Å². The summed E-state index contributed by atoms with van der Waals surface area (Å²) in [6.45, 7) is 1.35. The van der Waals surface area contributed by atoms with E-state index in [2.05, 4.69) is 9.71 Å². The molecule has 2 aromatic rings. The molecule has 0 bridgehead atoms. The van der Waals surface area contributed by atoms with Gasteiger partial charge in [0.2, 0.25) is 10.0 Å². The first-order valence-electron chi connectivity index (χ1n) is 9.34. The Labute approximate surface area is 179 Å². The van der Waals surface area contributed by atoms with E-state index in [0.717, 1.165) is 0 Å². The molecule has 1 aliphatic rings. The molecular formula is C19H22N4O5S2. The standard InChI is InChI=1S/C19H22N4O5S2/c1-29-18-17(3-2-10-20-18)19(24)22-11-8-14(9-12-22)13-21-30(27,28)16-6-4-15(5-7-16)23(25)26/h2-7,10,14,21H,8-9,11-13H2,1H3. The van der Waals surface area contributed by atoms with Gasteiger partial charge >= 0.3 is 0 Å². The van der Waals surface area contributed by atoms with Gasteiger partial charge in [-0.25, -0.2) is 18.1 Å². The van der Waals surface area contributed by atoms with Gasteiger partial charge in [0.25, 0.3) is 11.6 Å². The van der Waals surface area contributed by atoms with Crippen molar-refractivity contribution in [2.24, 2.45) is 5.92 Å². The summed E-state index contributed by atoms with van der Waals surface area (Å²) >= 11 is 1.43. The topological polar surface area (TPSA) is 123 Å². The second-order valence-corrected chi connectivity index (χ2v) is 9.46. The number of piperidine rings is 1. The molecule has 1 aromatic heterocycles. The SMILES string of the molecule is CSc1ncccc1C(=O)N1CCC(CNS(=O)(=O)c2ccc([N+](=O)[O-])cc2)CC1. The van der Waals surface area contributed by atoms with Crippen LogP contribution in [0.2, 0.25) is 0 Å². The zero-order valence-corrected chi connectivity index (χ0v) is 18.0. The third kappa shape index (κ3) is 5.15. The predicted octanol–water partition coefficient (Wildman–Crippen LogP) is 2.54. The van der Waals surface area contributed by atoms with Crippen molar-refractivity contribution in [2.75, 3.05) is 25.9 Å². The number of rotatable bonds is 7. The molecule has 9 nitrogen and oxygen atoms in total. The molecule has 3 rings (SSSR count). The van der Waals surface area contributed by atoms with E-state index in [9.17, 15) is 23.3 Å². The van der Waals surface area contributed by atoms with E-state index in [0.29, 0.717) is 36.5 Å². The molecule has 1 fully saturated rings. The minimum Gasteiger partial charge on any atom is -0.339 e. The Kier molecular flexibility index (Phi) is 7.06. The van der Waals surface area contributed by atoms with Gasteiger partial charge < -0.3 is 4.90 Å². The molecule has 0 unspecified atom stereocenters. The molecule has 30 heavy (non-hydrogen) atoms. The number of pyridine rings is 1. The summed E-state index contributed by atoms with van der Waals surface area (Å²) in [7, 11) is -3.75. The Hall–Kier alpha value is -2.50. The van der Waals surface area contributed by atoms with Crippen LogP contribution in [-0.4, -0.2) is 55.0 Å². The van der Waals surface area contributed by atoms with E-state index in [1.807, 2.05) is 6.26 Å². The van der Waals surface area contributed by atoms with E-state index in [4.69, 9.17) is 0 Å². The summed E-state index contributed by atoms with van der Waals surface area (Å²) in [5.74, 6) is 0.0492. The van der Waals surface area contributed by atoms with Crippen LogP contribution in [0.15, 0.2) is 52.5 Å². The lowest BCUT2D eigenvalue weighted by Crippen LogP contribution is -2.41. The molecule has 1 saturated heterocycles. The van der Waals surface area contributed by atoms with Crippen LogP contribution in [0.4, 0.5) is 5.69 Å². The van der Waals surface area contributed by atoms with Gasteiger partial charge in [0, 0.05) is 38.0 Å². The molecule has 11 heteroatoms. The first-order chi connectivity index (χ1) is 14.3. The molecule has 0 saturated carbocycles. The number of likely N-dealkylation sites (tertiary alicyclic amines) is 1. The van der Waals surface area contributed by atoms with Crippen LogP contribution in [0.25, 0.3) is 0 Å². The largest absolute Gasteiger partial charge is 0.339 e. The van der Waals surface area contributed by atoms with Gasteiger partial charge in [0.05, 0.1) is 15.4 Å². The summed E-state index contributed by atoms with van der Waals surface area (Å²) in [4.78, 5) is 28.9. The number of benzene rings is 1. The Morgan fingerprint density at radius 1 is 1.27 bits per heavy atom. The van der Waals surface area contributed by atoms with Crippen molar-refractivity contribution in [2.45, 2.75) is 22.8 Å². The molecular weight excluding hydrogens is 428 g/mol. The number of carbonyl (C=O) groups is 1. The highest BCUT2D eigenvalue weighted by atomic mass is 32.2. The van der Waals surface area contributed by atoms with Crippen molar-refractivity contribution in [3.05, 3.63) is 58.3 Å². The Morgan fingerprint density at radius 2 is 1.93 bits per heavy atom. The van der Waals surface area contributed by atoms with Crippen LogP contribution in [0.1, 0.15) is 23.2 Å². The Balaban J connectivity index is 1.54. The number of aromatic nitrogens is 1. The zero-order valence-electron chi connectivity index (χ0n) is 16.4. The van der Waals surface area contributed by atoms with Crippen LogP contribution < -0.4 is 4.72 Å². The van der Waals surface area contributed by atoms with Gasteiger partial charge in [0.15, 0.2) is 0 Å². The van der Waals surface area contributed by atoms with Gasteiger partial charge in [-0.15, -0.1) is 11.8 Å². The van der Waals surface area contributed by atoms with Gasteiger partial charge in [0.1, 0.15) is 5.03 Å². The van der Waals surface area contributed by atoms with Gasteiger partial charge in [-0.3, -0.25) is 14.9 Å². The fraction of sp³-hybridized carbons (Fsp3) is 0.368. The van der Waals surface area contributed by atoms with Crippen LogP contribution >= 0.6 is 11.8 Å². The van der Waals surface area contributed by atoms with Gasteiger partial charge in [-0.05, 0) is 49.3 Å². The Morgan fingerprint density at radius 3 is 2.53 bits per heavy atom. The summed E-state index contributed by atoms with van der Waals surface area (Å²) in [5, 5.41) is 11.4. The lowest BCUT2D eigenvalue weighted by atomic mass is 9.97. The lowest BCUT2D eigenvalue weighted by Gasteiger charge is -2.32. The number of nitrogens with one attached hydrogen (secondary N) is 1. The zero-order chi connectivity index (χ0) is 21.7. The summed E-state index contributed by atoms with van der Waals surface area (Å²) in [6, 6.07) is 8.29. The monoisotopic (exact) mass is 450 g/mol. The number of thioether (sulfide) groups is 1. The number of nitro benzene ring substituents is 1. The average Bonchev–Trinajstić information content (AvgIpc) is 2.77. The van der Waals surface area contributed by atoms with Crippen molar-refractivity contribution in [1.82, 2.24) is 14.6 Å². The maximum Gasteiger partial charge on any atom is 0.269 e. The third-order valence-electron chi connectivity index (χ3n) is 5.02. The van der Waals surface area contributed by atoms with E-state index in [1.54, 1.807) is 23.2 Å². The van der Waals surface area contributed by atoms with Gasteiger partial charge in [-0.1, -0.05) is 0 Å². The fourth-order valence-corrected chi connectivity index (χ4v) is 4.94. The van der Waals surface area contributed by atoms with Crippen LogP contribution in [0, 0.1) is 16.0 Å². The second-order valence-electron chi connectivity index (χ2n) is 6.90. The van der Waals surface area contributed by atoms with E-state index >= 15 is 0 Å². The van der Waals surface area contributed by atoms with E-state index in [-0.39, 0.29) is 29.0 Å². The molecule has 0 spiro atoms. The van der Waals surface area contributed by atoms with Crippen LogP contribution in [0.3, 0.4) is 0 Å². The third-order valence-corrected chi connectivity index (χ3v) is 7.17. The summed E-state index contributed by atoms with van der Waals surface area (Å²) < 4.78 is 27.4. The van der Waals surface area contributed by atoms with Crippen molar-refractivity contribution in [1.29, 1.82) is 0 Å². The highest BCUT2D eigenvalue weighted by Gasteiger charge is 2.26. The molecule has 0 atom stereocenters. The number of carbonyl (C=O) groups excluding carboxylic acids is 1. The number of sulfonamides is 1. The lowest BCUT2D eigenvalue weighted by molar-refractivity contribution is -0.384. The molecule has 1 N–H and O–H groups in total. The molecule has 1 aromatic carbocycles. The maximum absolute atomic E-state index is 12.8. The van der Waals surface area contributed by atoms with Crippen molar-refractivity contribution in [3.8, 4) is 0 Å². The smallest absolute Gasteiger partial charge is 0.269 e. The number of hydrogen-bond acceptors (Lipinski definition) is 7. The van der Waals surface area contributed by atoms with Crippen molar-refractivity contribution in [3.63, 3.8) is 0 Å². The van der Waals surface area contributed by atoms with Gasteiger partial charge in [-0.2, -0.15) is 0 Å². The number of hydrogen-bond donors (Lipinski definition) is 1. The summed E-state index contributed by atoms with van der Waals surface area (Å²) in [5.41, 5.74) is 0.423. The number of non-ortho nitro benzene ring substituents is 1. The van der Waals surface area contributed by atoms with Crippen molar-refractivity contribution >= 4 is 33.4 Å². The second kappa shape index (κ2) is 9.54. The molecule has 0 aliphatic carbocycles. The minimum atomic E-state index is -3.75. The highest BCUT2D eigenvalue weighted by Crippen LogP contribution is 2.23. The number of nitrogens with zero attached hydrogens (tertiary/aromatic N) is 3. The first kappa shape index (κ1) is 22.2. The quantitative estimate of drug-likeness (QED) is 0.391. The Bertz CT molecular complexity index is 1020. The molecule has 1 aliphatic heterocycles. The average molecular weight is 451 g/mol. The normalized spacial score (nSPS) is 15.2. The van der Waals surface area contributed by atoms with Crippen LogP contribution in [-0.2, 0) is 10.0 Å². The maximum atomic E-state index is 12.8. The molecule has 160 valence electrons. The fourth-order valence-electron chi connectivity index (χ4n) is 3.28. The molecule has 0 radical (unpaired) electrons. The van der Waals surface area contributed by atoms with Crippen LogP contribution in [0.5, 0.6) is 0 Å². The minimum absolute atomic E-state index is 0.0121. The van der Waals surface area contributed by atoms with E-state index < -0.39 is 14.9 Å². The number of nitro groups is 1. The van der Waals surface area contributed by atoms with Crippen molar-refractivity contribution < 1.29 is 18.1 Å². The molecule has 2 heterocycles. The number of amides is 1. The summed E-state index contributed by atoms with van der Waals surface area (Å²) in [6.07, 6.45) is 4.90. The molecule has 1 amide bonds. The predicted molar refractivity (Wildman–Crippen MR) is 113 cm³/mol. The first-order valence-corrected chi connectivity index (χ1v) is 12.0. The highest BCUT2D eigenvalue weighted by molar-refractivity contribution is 7.98.